The Morgan fingerprint density at radius 2 is 1.47 bits per heavy atom. The summed E-state index contributed by atoms with van der Waals surface area (Å²) < 4.78 is 4.79. The lowest BCUT2D eigenvalue weighted by atomic mass is 10.2. The minimum absolute atomic E-state index is 0.242. The van der Waals surface area contributed by atoms with Gasteiger partial charge in [-0.3, -0.25) is 4.79 Å². The molecule has 0 unspecified atom stereocenters. The van der Waals surface area contributed by atoms with E-state index in [0.29, 0.717) is 6.61 Å². The third-order valence-electron chi connectivity index (χ3n) is 1.78. The van der Waals surface area contributed by atoms with E-state index < -0.39 is 0 Å². The number of carbonyl (C=O) groups is 1. The minimum atomic E-state index is -0.242. The van der Waals surface area contributed by atoms with Crippen LogP contribution in [0, 0.1) is 5.92 Å². The highest BCUT2D eigenvalue weighted by Gasteiger charge is 1.93. The first-order chi connectivity index (χ1) is 8.93. The predicted molar refractivity (Wildman–Crippen MR) is 83.0 cm³/mol. The first-order valence-corrected chi connectivity index (χ1v) is 7.11. The maximum Gasteiger partial charge on any atom is 0.302 e. The fourth-order valence-electron chi connectivity index (χ4n) is 0.759. The molecule has 2 nitrogen and oxygen atoms in total. The van der Waals surface area contributed by atoms with Crippen molar-refractivity contribution in [3.63, 3.8) is 0 Å². The number of carbonyl (C=O) groups excluding carboxylic acids is 1. The van der Waals surface area contributed by atoms with Gasteiger partial charge in [-0.2, -0.15) is 0 Å². The van der Waals surface area contributed by atoms with Crippen molar-refractivity contribution in [2.24, 2.45) is 5.92 Å². The van der Waals surface area contributed by atoms with Crippen LogP contribution in [0.15, 0.2) is 30.3 Å². The second kappa shape index (κ2) is 14.7. The van der Waals surface area contributed by atoms with Gasteiger partial charge in [-0.05, 0) is 11.5 Å². The van der Waals surface area contributed by atoms with E-state index in [4.69, 9.17) is 4.74 Å². The lowest BCUT2D eigenvalue weighted by molar-refractivity contribution is -0.142. The lowest BCUT2D eigenvalue weighted by Crippen LogP contribution is -1.97. The zero-order chi connectivity index (χ0) is 15.1. The molecule has 0 aromatic heterocycles. The molecule has 19 heavy (non-hydrogen) atoms. The molecule has 1 aromatic carbocycles. The molecular weight excluding hydrogens is 236 g/mol. The van der Waals surface area contributed by atoms with Crippen molar-refractivity contribution in [2.45, 2.75) is 61.0 Å². The molecule has 0 aliphatic rings. The Hall–Kier alpha value is -1.31. The van der Waals surface area contributed by atoms with E-state index in [9.17, 15) is 4.79 Å². The summed E-state index contributed by atoms with van der Waals surface area (Å²) in [6.45, 7) is 12.6. The highest BCUT2D eigenvalue weighted by Crippen LogP contribution is 1.99. The van der Waals surface area contributed by atoms with E-state index in [1.807, 2.05) is 30.3 Å². The number of unbranched alkanes of at least 4 members (excludes halogenated alkanes) is 1. The van der Waals surface area contributed by atoms with Gasteiger partial charge in [0.1, 0.15) is 6.61 Å². The van der Waals surface area contributed by atoms with Crippen molar-refractivity contribution < 1.29 is 9.53 Å². The Labute approximate surface area is 119 Å². The SMILES string of the molecule is CC(=O)OCc1ccccc1.CC(C)C.CCCC. The Morgan fingerprint density at radius 3 is 1.79 bits per heavy atom. The van der Waals surface area contributed by atoms with Gasteiger partial charge in [0.05, 0.1) is 0 Å². The van der Waals surface area contributed by atoms with Crippen LogP contribution in [-0.4, -0.2) is 5.97 Å². The summed E-state index contributed by atoms with van der Waals surface area (Å²) in [5, 5.41) is 0. The van der Waals surface area contributed by atoms with Crippen molar-refractivity contribution in [3.05, 3.63) is 35.9 Å². The molecule has 0 amide bonds. The van der Waals surface area contributed by atoms with E-state index in [2.05, 4.69) is 34.6 Å². The lowest BCUT2D eigenvalue weighted by Gasteiger charge is -1.99. The van der Waals surface area contributed by atoms with E-state index in [1.165, 1.54) is 19.8 Å². The van der Waals surface area contributed by atoms with E-state index in [-0.39, 0.29) is 5.97 Å². The van der Waals surface area contributed by atoms with E-state index in [0.717, 1.165) is 11.5 Å². The maximum atomic E-state index is 10.4. The second-order valence-corrected chi connectivity index (χ2v) is 5.00. The summed E-state index contributed by atoms with van der Waals surface area (Å²) in [6.07, 6.45) is 2.64. The molecule has 0 N–H and O–H groups in total. The molecule has 0 bridgehead atoms. The summed E-state index contributed by atoms with van der Waals surface area (Å²) in [6, 6.07) is 9.60. The highest BCUT2D eigenvalue weighted by molar-refractivity contribution is 5.65. The van der Waals surface area contributed by atoms with Crippen LogP contribution in [-0.2, 0) is 16.1 Å². The molecule has 0 spiro atoms. The third-order valence-corrected chi connectivity index (χ3v) is 1.78. The molecule has 0 atom stereocenters. The number of hydrogen-bond donors (Lipinski definition) is 0. The molecule has 0 aliphatic carbocycles. The van der Waals surface area contributed by atoms with Crippen LogP contribution in [0.25, 0.3) is 0 Å². The van der Waals surface area contributed by atoms with Gasteiger partial charge in [-0.15, -0.1) is 0 Å². The van der Waals surface area contributed by atoms with Crippen molar-refractivity contribution in [1.82, 2.24) is 0 Å². The molecule has 1 rings (SSSR count). The molecule has 0 aliphatic heterocycles. The highest BCUT2D eigenvalue weighted by atomic mass is 16.5. The van der Waals surface area contributed by atoms with E-state index >= 15 is 0 Å². The monoisotopic (exact) mass is 266 g/mol. The number of esters is 1. The van der Waals surface area contributed by atoms with Crippen LogP contribution in [0.3, 0.4) is 0 Å². The number of hydrogen-bond acceptors (Lipinski definition) is 2. The van der Waals surface area contributed by atoms with Crippen molar-refractivity contribution in [2.75, 3.05) is 0 Å². The van der Waals surface area contributed by atoms with Crippen molar-refractivity contribution in [1.29, 1.82) is 0 Å². The van der Waals surface area contributed by atoms with Gasteiger partial charge in [0.25, 0.3) is 0 Å². The summed E-state index contributed by atoms with van der Waals surface area (Å²) >= 11 is 0. The third kappa shape index (κ3) is 22.4. The van der Waals surface area contributed by atoms with Crippen LogP contribution in [0.5, 0.6) is 0 Å². The van der Waals surface area contributed by atoms with Gasteiger partial charge >= 0.3 is 5.97 Å². The summed E-state index contributed by atoms with van der Waals surface area (Å²) in [5.41, 5.74) is 1.02. The Morgan fingerprint density at radius 1 is 1.05 bits per heavy atom. The molecule has 1 aromatic rings. The number of ether oxygens (including phenoxy) is 1. The molecule has 0 heterocycles. The average molecular weight is 266 g/mol. The first-order valence-electron chi connectivity index (χ1n) is 7.11. The Bertz CT molecular complexity index is 287. The average Bonchev–Trinajstić information content (AvgIpc) is 2.37. The first kappa shape index (κ1) is 20.0. The molecule has 0 fully saturated rings. The van der Waals surface area contributed by atoms with Crippen molar-refractivity contribution >= 4 is 5.97 Å². The summed E-state index contributed by atoms with van der Waals surface area (Å²) in [7, 11) is 0. The number of rotatable bonds is 3. The quantitative estimate of drug-likeness (QED) is 0.701. The standard InChI is InChI=1S/C9H10O2.2C4H10/c1-8(10)11-7-9-5-3-2-4-6-9;1-4(2)3;1-3-4-2/h2-6H,7H2,1H3;4H,1-3H3;3-4H2,1-2H3. The van der Waals surface area contributed by atoms with Crippen LogP contribution >= 0.6 is 0 Å². The number of benzene rings is 1. The fourth-order valence-corrected chi connectivity index (χ4v) is 0.759. The minimum Gasteiger partial charge on any atom is -0.461 e. The topological polar surface area (TPSA) is 26.3 Å². The molecule has 0 radical (unpaired) electrons. The molecule has 0 saturated heterocycles. The van der Waals surface area contributed by atoms with Gasteiger partial charge < -0.3 is 4.74 Å². The van der Waals surface area contributed by atoms with Crippen LogP contribution in [0.1, 0.15) is 59.9 Å². The predicted octanol–water partition coefficient (Wildman–Crippen LogP) is 5.22. The fraction of sp³-hybridized carbons (Fsp3) is 0.588. The van der Waals surface area contributed by atoms with Gasteiger partial charge in [0, 0.05) is 6.92 Å². The molecular formula is C17H30O2. The summed E-state index contributed by atoms with van der Waals surface area (Å²) in [5.74, 6) is 0.592. The van der Waals surface area contributed by atoms with Gasteiger partial charge in [-0.1, -0.05) is 77.8 Å². The normalized spacial score (nSPS) is 8.79. The summed E-state index contributed by atoms with van der Waals surface area (Å²) in [4.78, 5) is 10.4. The second-order valence-electron chi connectivity index (χ2n) is 5.00. The van der Waals surface area contributed by atoms with Crippen LogP contribution in [0.2, 0.25) is 0 Å². The van der Waals surface area contributed by atoms with Gasteiger partial charge in [-0.25, -0.2) is 0 Å². The largest absolute Gasteiger partial charge is 0.461 e. The van der Waals surface area contributed by atoms with Crippen LogP contribution in [0.4, 0.5) is 0 Å². The zero-order valence-electron chi connectivity index (χ0n) is 13.4. The van der Waals surface area contributed by atoms with Crippen LogP contribution < -0.4 is 0 Å². The van der Waals surface area contributed by atoms with E-state index in [1.54, 1.807) is 0 Å². The zero-order valence-corrected chi connectivity index (χ0v) is 13.4. The molecule has 0 saturated carbocycles. The maximum absolute atomic E-state index is 10.4. The van der Waals surface area contributed by atoms with Gasteiger partial charge in [0.2, 0.25) is 0 Å². The Balaban J connectivity index is 0. The van der Waals surface area contributed by atoms with Crippen molar-refractivity contribution in [3.8, 4) is 0 Å². The smallest absolute Gasteiger partial charge is 0.302 e. The Kier molecular flexibility index (Phi) is 15.5. The molecule has 110 valence electrons. The molecule has 2 heteroatoms. The van der Waals surface area contributed by atoms with Gasteiger partial charge in [0.15, 0.2) is 0 Å².